The minimum absolute atomic E-state index is 0.0595. The molecule has 0 heterocycles. The molecule has 0 saturated heterocycles. The van der Waals surface area contributed by atoms with Crippen LogP contribution in [-0.4, -0.2) is 27.5 Å². The summed E-state index contributed by atoms with van der Waals surface area (Å²) in [6.07, 6.45) is -4.45. The Morgan fingerprint density at radius 3 is 2.14 bits per heavy atom. The van der Waals surface area contributed by atoms with Gasteiger partial charge in [-0.05, 0) is 48.9 Å². The van der Waals surface area contributed by atoms with Crippen molar-refractivity contribution in [3.63, 3.8) is 0 Å². The lowest BCUT2D eigenvalue weighted by atomic mass is 10.1. The van der Waals surface area contributed by atoms with Crippen LogP contribution in [0.5, 0.6) is 5.75 Å². The molecule has 0 radical (unpaired) electrons. The number of hydrogen-bond acceptors (Lipinski definition) is 5. The SMILES string of the molecule is COc1ccc(S(=O)(=O)N[C@@H](C)C(=O)OCc2ccc(C(F)(F)F)cc2)cc1. The largest absolute Gasteiger partial charge is 0.497 e. The molecule has 0 unspecified atom stereocenters. The van der Waals surface area contributed by atoms with E-state index >= 15 is 0 Å². The van der Waals surface area contributed by atoms with Crippen molar-refractivity contribution in [2.75, 3.05) is 7.11 Å². The first kappa shape index (κ1) is 21.7. The van der Waals surface area contributed by atoms with Crippen molar-refractivity contribution in [2.24, 2.45) is 0 Å². The summed E-state index contributed by atoms with van der Waals surface area (Å²) in [6, 6.07) is 8.48. The average molecular weight is 417 g/mol. The van der Waals surface area contributed by atoms with Crippen LogP contribution in [-0.2, 0) is 32.3 Å². The second-order valence-electron chi connectivity index (χ2n) is 5.82. The molecule has 1 N–H and O–H groups in total. The van der Waals surface area contributed by atoms with Crippen molar-refractivity contribution >= 4 is 16.0 Å². The van der Waals surface area contributed by atoms with Gasteiger partial charge >= 0.3 is 12.1 Å². The van der Waals surface area contributed by atoms with Gasteiger partial charge in [0.25, 0.3) is 0 Å². The van der Waals surface area contributed by atoms with Gasteiger partial charge < -0.3 is 9.47 Å². The summed E-state index contributed by atoms with van der Waals surface area (Å²) < 4.78 is 74.2. The predicted molar refractivity (Wildman–Crippen MR) is 94.0 cm³/mol. The summed E-state index contributed by atoms with van der Waals surface area (Å²) >= 11 is 0. The highest BCUT2D eigenvalue weighted by atomic mass is 32.2. The number of methoxy groups -OCH3 is 1. The Bertz CT molecular complexity index is 910. The number of sulfonamides is 1. The van der Waals surface area contributed by atoms with Gasteiger partial charge in [-0.3, -0.25) is 4.79 Å². The smallest absolute Gasteiger partial charge is 0.416 e. The van der Waals surface area contributed by atoms with Gasteiger partial charge in [0.2, 0.25) is 10.0 Å². The van der Waals surface area contributed by atoms with Gasteiger partial charge in [0.15, 0.2) is 0 Å². The molecule has 0 aliphatic rings. The molecule has 152 valence electrons. The van der Waals surface area contributed by atoms with Gasteiger partial charge in [0, 0.05) is 0 Å². The molecule has 2 rings (SSSR count). The molecule has 10 heteroatoms. The second kappa shape index (κ2) is 8.61. The Balaban J connectivity index is 1.94. The fourth-order valence-electron chi connectivity index (χ4n) is 2.17. The zero-order chi connectivity index (χ0) is 20.9. The topological polar surface area (TPSA) is 81.7 Å². The minimum atomic E-state index is -4.45. The number of ether oxygens (including phenoxy) is 2. The third kappa shape index (κ3) is 5.70. The first-order valence-corrected chi connectivity index (χ1v) is 9.50. The molecule has 0 aliphatic carbocycles. The summed E-state index contributed by atoms with van der Waals surface area (Å²) in [5, 5.41) is 0. The summed E-state index contributed by atoms with van der Waals surface area (Å²) in [5.41, 5.74) is -0.477. The molecule has 28 heavy (non-hydrogen) atoms. The molecule has 2 aromatic carbocycles. The van der Waals surface area contributed by atoms with Crippen LogP contribution in [0.1, 0.15) is 18.1 Å². The Labute approximate surface area is 160 Å². The number of benzene rings is 2. The minimum Gasteiger partial charge on any atom is -0.497 e. The van der Waals surface area contributed by atoms with Gasteiger partial charge in [0.05, 0.1) is 17.6 Å². The fourth-order valence-corrected chi connectivity index (χ4v) is 3.37. The Morgan fingerprint density at radius 2 is 1.64 bits per heavy atom. The second-order valence-corrected chi connectivity index (χ2v) is 7.53. The maximum Gasteiger partial charge on any atom is 0.416 e. The van der Waals surface area contributed by atoms with Crippen molar-refractivity contribution in [3.05, 3.63) is 59.7 Å². The van der Waals surface area contributed by atoms with Gasteiger partial charge in [-0.25, -0.2) is 8.42 Å². The van der Waals surface area contributed by atoms with E-state index in [4.69, 9.17) is 9.47 Å². The molecular formula is C18H18F3NO5S. The summed E-state index contributed by atoms with van der Waals surface area (Å²) in [4.78, 5) is 11.9. The maximum atomic E-state index is 12.5. The van der Waals surface area contributed by atoms with E-state index in [0.717, 1.165) is 12.1 Å². The van der Waals surface area contributed by atoms with Crippen LogP contribution in [0.25, 0.3) is 0 Å². The van der Waals surface area contributed by atoms with Crippen LogP contribution in [0.15, 0.2) is 53.4 Å². The van der Waals surface area contributed by atoms with E-state index in [2.05, 4.69) is 4.72 Å². The fraction of sp³-hybridized carbons (Fsp3) is 0.278. The zero-order valence-electron chi connectivity index (χ0n) is 15.0. The number of esters is 1. The highest BCUT2D eigenvalue weighted by Gasteiger charge is 2.30. The Hall–Kier alpha value is -2.59. The van der Waals surface area contributed by atoms with Crippen LogP contribution in [0.3, 0.4) is 0 Å². The van der Waals surface area contributed by atoms with Crippen molar-refractivity contribution in [1.82, 2.24) is 4.72 Å². The lowest BCUT2D eigenvalue weighted by Gasteiger charge is -2.14. The molecule has 0 aromatic heterocycles. The van der Waals surface area contributed by atoms with Gasteiger partial charge in [-0.15, -0.1) is 0 Å². The van der Waals surface area contributed by atoms with Gasteiger partial charge in [0.1, 0.15) is 18.4 Å². The van der Waals surface area contributed by atoms with Crippen molar-refractivity contribution in [3.8, 4) is 5.75 Å². The molecule has 6 nitrogen and oxygen atoms in total. The number of alkyl halides is 3. The molecule has 0 saturated carbocycles. The number of nitrogens with one attached hydrogen (secondary N) is 1. The number of halogens is 3. The third-order valence-electron chi connectivity index (χ3n) is 3.72. The molecule has 1 atom stereocenters. The molecular weight excluding hydrogens is 399 g/mol. The van der Waals surface area contributed by atoms with Crippen LogP contribution in [0, 0.1) is 0 Å². The van der Waals surface area contributed by atoms with Crippen LogP contribution < -0.4 is 9.46 Å². The lowest BCUT2D eigenvalue weighted by molar-refractivity contribution is -0.146. The first-order chi connectivity index (χ1) is 13.0. The number of rotatable bonds is 7. The highest BCUT2D eigenvalue weighted by Crippen LogP contribution is 2.29. The summed E-state index contributed by atoms with van der Waals surface area (Å²) in [5.74, 6) is -0.389. The highest BCUT2D eigenvalue weighted by molar-refractivity contribution is 7.89. The van der Waals surface area contributed by atoms with Gasteiger partial charge in [-0.2, -0.15) is 17.9 Å². The number of carbonyl (C=O) groups excluding carboxylic acids is 1. The Morgan fingerprint density at radius 1 is 1.07 bits per heavy atom. The number of carbonyl (C=O) groups is 1. The van der Waals surface area contributed by atoms with Crippen molar-refractivity contribution in [2.45, 2.75) is 30.6 Å². The van der Waals surface area contributed by atoms with E-state index in [-0.39, 0.29) is 11.5 Å². The van der Waals surface area contributed by atoms with Crippen LogP contribution in [0.4, 0.5) is 13.2 Å². The molecule has 0 bridgehead atoms. The van der Waals surface area contributed by atoms with Crippen molar-refractivity contribution in [1.29, 1.82) is 0 Å². The van der Waals surface area contributed by atoms with E-state index in [9.17, 15) is 26.4 Å². The quantitative estimate of drug-likeness (QED) is 0.700. The van der Waals surface area contributed by atoms with E-state index < -0.39 is 33.8 Å². The average Bonchev–Trinajstić information content (AvgIpc) is 2.65. The van der Waals surface area contributed by atoms with E-state index in [1.54, 1.807) is 0 Å². The van der Waals surface area contributed by atoms with Crippen molar-refractivity contribution < 1.29 is 35.9 Å². The maximum absolute atomic E-state index is 12.5. The van der Waals surface area contributed by atoms with Crippen LogP contribution >= 0.6 is 0 Å². The van der Waals surface area contributed by atoms with Gasteiger partial charge in [-0.1, -0.05) is 12.1 Å². The summed E-state index contributed by atoms with van der Waals surface area (Å²) in [6.45, 7) is 1.02. The Kier molecular flexibility index (Phi) is 6.68. The lowest BCUT2D eigenvalue weighted by Crippen LogP contribution is -2.39. The molecule has 2 aromatic rings. The van der Waals surface area contributed by atoms with E-state index in [1.807, 2.05) is 0 Å². The first-order valence-electron chi connectivity index (χ1n) is 8.02. The predicted octanol–water partition coefficient (Wildman–Crippen LogP) is 3.12. The molecule has 0 fully saturated rings. The summed E-state index contributed by atoms with van der Waals surface area (Å²) in [7, 11) is -2.52. The third-order valence-corrected chi connectivity index (χ3v) is 5.27. The van der Waals surface area contributed by atoms with Crippen LogP contribution in [0.2, 0.25) is 0 Å². The monoisotopic (exact) mass is 417 g/mol. The zero-order valence-corrected chi connectivity index (χ0v) is 15.8. The standard InChI is InChI=1S/C18H18F3NO5S/c1-12(22-28(24,25)16-9-7-15(26-2)8-10-16)17(23)27-11-13-3-5-14(6-4-13)18(19,20)21/h3-10,12,22H,11H2,1-2H3/t12-/m0/s1. The van der Waals surface area contributed by atoms with E-state index in [1.165, 1.54) is 50.4 Å². The normalized spacial score (nSPS) is 13.0. The molecule has 0 aliphatic heterocycles. The number of hydrogen-bond donors (Lipinski definition) is 1. The molecule has 0 amide bonds. The van der Waals surface area contributed by atoms with E-state index in [0.29, 0.717) is 11.3 Å². The molecule has 0 spiro atoms.